The first-order valence-corrected chi connectivity index (χ1v) is 9.23. The minimum atomic E-state index is -1.18. The molecule has 0 atom stereocenters. The van der Waals surface area contributed by atoms with Gasteiger partial charge in [0, 0.05) is 24.4 Å². The zero-order chi connectivity index (χ0) is 16.3. The fourth-order valence-corrected chi connectivity index (χ4v) is 4.08. The van der Waals surface area contributed by atoms with Gasteiger partial charge in [0.2, 0.25) is 0 Å². The van der Waals surface area contributed by atoms with Gasteiger partial charge in [-0.2, -0.15) is 0 Å². The minimum Gasteiger partial charge on any atom is -0.478 e. The van der Waals surface area contributed by atoms with E-state index in [0.29, 0.717) is 30.4 Å². The van der Waals surface area contributed by atoms with E-state index in [4.69, 9.17) is 0 Å². The second kappa shape index (κ2) is 8.08. The number of hydrogen-bond donors (Lipinski definition) is 2. The van der Waals surface area contributed by atoms with Crippen LogP contribution in [0.1, 0.15) is 41.0 Å². The third kappa shape index (κ3) is 4.53. The summed E-state index contributed by atoms with van der Waals surface area (Å²) < 4.78 is 1.83. The van der Waals surface area contributed by atoms with E-state index < -0.39 is 11.9 Å². The molecule has 1 aromatic rings. The van der Waals surface area contributed by atoms with Gasteiger partial charge in [0.1, 0.15) is 0 Å². The Morgan fingerprint density at radius 2 is 1.48 bits per heavy atom. The molecular weight excluding hydrogens is 538 g/mol. The molecule has 0 saturated carbocycles. The molecule has 0 heterocycles. The van der Waals surface area contributed by atoms with Crippen LogP contribution in [0.25, 0.3) is 0 Å². The second-order valence-corrected chi connectivity index (χ2v) is 7.92. The number of halogens is 4. The first-order chi connectivity index (χ1) is 9.68. The van der Waals surface area contributed by atoms with Gasteiger partial charge in [-0.3, -0.25) is 4.79 Å². The number of benzene rings is 1. The van der Waals surface area contributed by atoms with E-state index in [1.165, 1.54) is 0 Å². The quantitative estimate of drug-likeness (QED) is 0.391. The fraction of sp³-hybridized carbons (Fsp3) is 0.385. The second-order valence-electron chi connectivity index (χ2n) is 4.75. The normalized spacial score (nSPS) is 10.8. The van der Waals surface area contributed by atoms with E-state index in [-0.39, 0.29) is 11.1 Å². The predicted octanol–water partition coefficient (Wildman–Crippen LogP) is 5.21. The van der Waals surface area contributed by atoms with Crippen LogP contribution < -0.4 is 5.32 Å². The Morgan fingerprint density at radius 3 is 1.90 bits per heavy atom. The molecule has 116 valence electrons. The van der Waals surface area contributed by atoms with Crippen LogP contribution >= 0.6 is 63.7 Å². The summed E-state index contributed by atoms with van der Waals surface area (Å²) in [6.45, 7) is 4.60. The van der Waals surface area contributed by atoms with E-state index in [2.05, 4.69) is 82.9 Å². The maximum atomic E-state index is 12.3. The van der Waals surface area contributed by atoms with Crippen molar-refractivity contribution in [2.24, 2.45) is 5.92 Å². The molecule has 0 aromatic heterocycles. The van der Waals surface area contributed by atoms with Crippen LogP contribution in [0.3, 0.4) is 0 Å². The molecule has 4 nitrogen and oxygen atoms in total. The summed E-state index contributed by atoms with van der Waals surface area (Å²) in [5.41, 5.74) is 0.00667. The van der Waals surface area contributed by atoms with Crippen LogP contribution in [0.2, 0.25) is 0 Å². The molecule has 0 aliphatic rings. The van der Waals surface area contributed by atoms with Crippen molar-refractivity contribution in [2.75, 3.05) is 6.54 Å². The molecule has 8 heteroatoms. The lowest BCUT2D eigenvalue weighted by molar-refractivity contribution is 0.0689. The van der Waals surface area contributed by atoms with Crippen LogP contribution in [0.15, 0.2) is 17.9 Å². The van der Waals surface area contributed by atoms with Crippen molar-refractivity contribution >= 4 is 75.6 Å². The number of amides is 1. The van der Waals surface area contributed by atoms with E-state index in [1.54, 1.807) is 0 Å². The Kier molecular flexibility index (Phi) is 7.36. The van der Waals surface area contributed by atoms with Crippen molar-refractivity contribution in [3.05, 3.63) is 29.0 Å². The molecule has 0 fully saturated rings. The Balaban J connectivity index is 3.27. The fourth-order valence-electron chi connectivity index (χ4n) is 1.61. The van der Waals surface area contributed by atoms with Gasteiger partial charge in [-0.05, 0) is 76.1 Å². The highest BCUT2D eigenvalue weighted by Gasteiger charge is 2.27. The van der Waals surface area contributed by atoms with Gasteiger partial charge in [-0.25, -0.2) is 4.79 Å². The molecule has 2 N–H and O–H groups in total. The summed E-state index contributed by atoms with van der Waals surface area (Å²) in [6.07, 6.45) is 0.824. The van der Waals surface area contributed by atoms with Crippen molar-refractivity contribution in [1.29, 1.82) is 0 Å². The highest BCUT2D eigenvalue weighted by Crippen LogP contribution is 2.42. The van der Waals surface area contributed by atoms with Gasteiger partial charge < -0.3 is 10.4 Å². The standard InChI is InChI=1S/C13H13Br4NO3/c1-5(2)3-4-18-12(19)6-7(13(20)21)9(15)11(17)10(16)8(6)14/h5H,3-4H2,1-2H3,(H,18,19)(H,20,21). The van der Waals surface area contributed by atoms with Crippen LogP contribution in [-0.2, 0) is 0 Å². The lowest BCUT2D eigenvalue weighted by atomic mass is 10.1. The molecule has 21 heavy (non-hydrogen) atoms. The summed E-state index contributed by atoms with van der Waals surface area (Å²) in [6, 6.07) is 0. The Labute approximate surface area is 156 Å². The zero-order valence-corrected chi connectivity index (χ0v) is 17.6. The molecule has 0 spiro atoms. The largest absolute Gasteiger partial charge is 0.478 e. The van der Waals surface area contributed by atoms with Gasteiger partial charge in [0.05, 0.1) is 11.1 Å². The molecule has 1 aromatic carbocycles. The molecule has 0 bridgehead atoms. The van der Waals surface area contributed by atoms with Crippen LogP contribution in [0.5, 0.6) is 0 Å². The van der Waals surface area contributed by atoms with E-state index >= 15 is 0 Å². The number of carboxylic acids is 1. The zero-order valence-electron chi connectivity index (χ0n) is 11.3. The van der Waals surface area contributed by atoms with Gasteiger partial charge >= 0.3 is 5.97 Å². The van der Waals surface area contributed by atoms with Crippen LogP contribution in [-0.4, -0.2) is 23.5 Å². The number of rotatable bonds is 5. The van der Waals surface area contributed by atoms with Crippen LogP contribution in [0, 0.1) is 5.92 Å². The van der Waals surface area contributed by atoms with Crippen molar-refractivity contribution in [2.45, 2.75) is 20.3 Å². The lowest BCUT2D eigenvalue weighted by Gasteiger charge is -2.15. The SMILES string of the molecule is CC(C)CCNC(=O)c1c(Br)c(Br)c(Br)c(Br)c1C(=O)O. The Bertz CT molecular complexity index is 588. The molecule has 0 radical (unpaired) electrons. The third-order valence-electron chi connectivity index (χ3n) is 2.72. The number of nitrogens with one attached hydrogen (secondary N) is 1. The highest BCUT2D eigenvalue weighted by atomic mass is 79.9. The number of aromatic carboxylic acids is 1. The predicted molar refractivity (Wildman–Crippen MR) is 96.0 cm³/mol. The Morgan fingerprint density at radius 1 is 1.00 bits per heavy atom. The molecule has 0 saturated heterocycles. The number of carbonyl (C=O) groups excluding carboxylic acids is 1. The number of carbonyl (C=O) groups is 2. The molecule has 0 aliphatic carbocycles. The van der Waals surface area contributed by atoms with E-state index in [0.717, 1.165) is 6.42 Å². The smallest absolute Gasteiger partial charge is 0.337 e. The average molecular weight is 551 g/mol. The van der Waals surface area contributed by atoms with Gasteiger partial charge in [-0.1, -0.05) is 13.8 Å². The maximum absolute atomic E-state index is 12.3. The summed E-state index contributed by atoms with van der Waals surface area (Å²) in [5.74, 6) is -1.14. The van der Waals surface area contributed by atoms with Gasteiger partial charge in [0.15, 0.2) is 0 Å². The number of hydrogen-bond acceptors (Lipinski definition) is 2. The summed E-state index contributed by atoms with van der Waals surface area (Å²) in [4.78, 5) is 23.8. The monoisotopic (exact) mass is 547 g/mol. The summed E-state index contributed by atoms with van der Waals surface area (Å²) >= 11 is 13.1. The molecular formula is C13H13Br4NO3. The molecule has 1 amide bonds. The summed E-state index contributed by atoms with van der Waals surface area (Å²) in [5, 5.41) is 12.1. The Hall–Kier alpha value is 0.0800. The minimum absolute atomic E-state index is 0.0843. The van der Waals surface area contributed by atoms with Crippen molar-refractivity contribution in [3.63, 3.8) is 0 Å². The first kappa shape index (κ1) is 19.1. The number of carboxylic acid groups (broad SMARTS) is 1. The van der Waals surface area contributed by atoms with Crippen molar-refractivity contribution in [1.82, 2.24) is 5.32 Å². The highest BCUT2D eigenvalue weighted by molar-refractivity contribution is 9.15. The van der Waals surface area contributed by atoms with Gasteiger partial charge in [-0.15, -0.1) is 0 Å². The van der Waals surface area contributed by atoms with Gasteiger partial charge in [0.25, 0.3) is 5.91 Å². The maximum Gasteiger partial charge on any atom is 0.337 e. The lowest BCUT2D eigenvalue weighted by Crippen LogP contribution is -2.28. The van der Waals surface area contributed by atoms with Crippen LogP contribution in [0.4, 0.5) is 0 Å². The van der Waals surface area contributed by atoms with E-state index in [1.807, 2.05) is 0 Å². The van der Waals surface area contributed by atoms with Crippen molar-refractivity contribution < 1.29 is 14.7 Å². The summed E-state index contributed by atoms with van der Waals surface area (Å²) in [7, 11) is 0. The van der Waals surface area contributed by atoms with E-state index in [9.17, 15) is 14.7 Å². The topological polar surface area (TPSA) is 66.4 Å². The van der Waals surface area contributed by atoms with Crippen molar-refractivity contribution in [3.8, 4) is 0 Å². The average Bonchev–Trinajstić information content (AvgIpc) is 2.39. The molecule has 0 unspecified atom stereocenters. The first-order valence-electron chi connectivity index (χ1n) is 6.05. The third-order valence-corrected chi connectivity index (χ3v) is 7.48. The molecule has 0 aliphatic heterocycles. The molecule has 1 rings (SSSR count).